The van der Waals surface area contributed by atoms with Crippen LogP contribution in [0.1, 0.15) is 12.2 Å². The molecule has 0 bridgehead atoms. The molecule has 180 valence electrons. The molecule has 2 heterocycles. The summed E-state index contributed by atoms with van der Waals surface area (Å²) in [4.78, 5) is 28.6. The molecule has 1 saturated heterocycles. The number of nitrogens with one attached hydrogen (secondary N) is 2. The summed E-state index contributed by atoms with van der Waals surface area (Å²) in [5.41, 5.74) is 1.69. The van der Waals surface area contributed by atoms with Crippen molar-refractivity contribution in [1.82, 2.24) is 24.7 Å². The van der Waals surface area contributed by atoms with E-state index in [9.17, 15) is 4.79 Å². The number of anilines is 2. The van der Waals surface area contributed by atoms with E-state index in [0.29, 0.717) is 24.7 Å². The minimum absolute atomic E-state index is 0.0897. The van der Waals surface area contributed by atoms with Gasteiger partial charge in [0.05, 0.1) is 12.1 Å². The maximum Gasteiger partial charge on any atom is 0.321 e. The smallest absolute Gasteiger partial charge is 0.321 e. The maximum absolute atomic E-state index is 12.6. The number of halogens is 1. The molecular formula is C25H32ClN7O. The first-order valence-electron chi connectivity index (χ1n) is 11.7. The number of hydrogen-bond donors (Lipinski definition) is 2. The van der Waals surface area contributed by atoms with E-state index in [2.05, 4.69) is 40.6 Å². The Morgan fingerprint density at radius 1 is 1.03 bits per heavy atom. The van der Waals surface area contributed by atoms with Crippen molar-refractivity contribution in [3.63, 3.8) is 0 Å². The minimum atomic E-state index is -0.0897. The number of amides is 2. The lowest BCUT2D eigenvalue weighted by molar-refractivity contribution is 0.141. The molecule has 4 rings (SSSR count). The number of carbonyl (C=O) groups excluding carboxylic acids is 1. The molecule has 0 atom stereocenters. The molecule has 0 aliphatic carbocycles. The topological polar surface area (TPSA) is 76.6 Å². The van der Waals surface area contributed by atoms with Crippen molar-refractivity contribution >= 4 is 40.0 Å². The number of aromatic nitrogens is 2. The second kappa shape index (κ2) is 11.5. The van der Waals surface area contributed by atoms with Gasteiger partial charge in [0.15, 0.2) is 0 Å². The predicted molar refractivity (Wildman–Crippen MR) is 139 cm³/mol. The standard InChI is InChI=1S/C25H32ClN7O/c1-31(2)13-5-12-27-24-21-6-3-4-7-22(21)29-23(30-24)18-32-14-16-33(17-15-32)25(34)28-20-10-8-19(26)9-11-20/h3-4,6-11H,5,12-18H2,1-2H3,(H,28,34)(H,27,29,30). The molecule has 1 fully saturated rings. The number of benzene rings is 2. The highest BCUT2D eigenvalue weighted by Gasteiger charge is 2.22. The van der Waals surface area contributed by atoms with Crippen molar-refractivity contribution in [3.05, 3.63) is 59.4 Å². The van der Waals surface area contributed by atoms with Gasteiger partial charge in [0.25, 0.3) is 0 Å². The highest BCUT2D eigenvalue weighted by Crippen LogP contribution is 2.21. The third-order valence-corrected chi connectivity index (χ3v) is 6.10. The van der Waals surface area contributed by atoms with Crippen LogP contribution in [0.3, 0.4) is 0 Å². The first-order valence-corrected chi connectivity index (χ1v) is 12.0. The summed E-state index contributed by atoms with van der Waals surface area (Å²) in [7, 11) is 4.17. The van der Waals surface area contributed by atoms with Crippen LogP contribution >= 0.6 is 11.6 Å². The molecule has 0 saturated carbocycles. The molecule has 2 aromatic carbocycles. The lowest BCUT2D eigenvalue weighted by Gasteiger charge is -2.34. The highest BCUT2D eigenvalue weighted by molar-refractivity contribution is 6.30. The Bertz CT molecular complexity index is 1100. The lowest BCUT2D eigenvalue weighted by Crippen LogP contribution is -2.49. The summed E-state index contributed by atoms with van der Waals surface area (Å²) in [6.07, 6.45) is 1.04. The third-order valence-electron chi connectivity index (χ3n) is 5.84. The van der Waals surface area contributed by atoms with Gasteiger partial charge in [0.1, 0.15) is 11.6 Å². The third kappa shape index (κ3) is 6.56. The van der Waals surface area contributed by atoms with Crippen LogP contribution in [0.4, 0.5) is 16.3 Å². The summed E-state index contributed by atoms with van der Waals surface area (Å²) in [6.45, 7) is 5.40. The molecule has 0 spiro atoms. The van der Waals surface area contributed by atoms with Crippen LogP contribution in [-0.4, -0.2) is 84.1 Å². The van der Waals surface area contributed by atoms with Crippen molar-refractivity contribution in [2.75, 3.05) is 64.0 Å². The fourth-order valence-corrected chi connectivity index (χ4v) is 4.10. The predicted octanol–water partition coefficient (Wildman–Crippen LogP) is 4.00. The average molecular weight is 482 g/mol. The molecule has 0 unspecified atom stereocenters. The number of para-hydroxylation sites is 1. The number of hydrogen-bond acceptors (Lipinski definition) is 6. The van der Waals surface area contributed by atoms with Crippen LogP contribution in [0.5, 0.6) is 0 Å². The van der Waals surface area contributed by atoms with E-state index in [0.717, 1.165) is 60.8 Å². The van der Waals surface area contributed by atoms with E-state index in [4.69, 9.17) is 21.6 Å². The van der Waals surface area contributed by atoms with Gasteiger partial charge in [-0.2, -0.15) is 0 Å². The van der Waals surface area contributed by atoms with E-state index in [1.165, 1.54) is 0 Å². The molecule has 2 amide bonds. The molecule has 3 aromatic rings. The number of piperazine rings is 1. The first-order chi connectivity index (χ1) is 16.5. The van der Waals surface area contributed by atoms with Gasteiger partial charge in [0, 0.05) is 48.8 Å². The largest absolute Gasteiger partial charge is 0.369 e. The number of rotatable bonds is 8. The molecule has 2 N–H and O–H groups in total. The van der Waals surface area contributed by atoms with Crippen molar-refractivity contribution in [3.8, 4) is 0 Å². The second-order valence-corrected chi connectivity index (χ2v) is 9.23. The van der Waals surface area contributed by atoms with E-state index >= 15 is 0 Å². The normalized spacial score (nSPS) is 14.5. The number of carbonyl (C=O) groups is 1. The van der Waals surface area contributed by atoms with E-state index < -0.39 is 0 Å². The zero-order valence-electron chi connectivity index (χ0n) is 19.8. The van der Waals surface area contributed by atoms with Crippen LogP contribution in [0, 0.1) is 0 Å². The van der Waals surface area contributed by atoms with Crippen molar-refractivity contribution in [2.45, 2.75) is 13.0 Å². The highest BCUT2D eigenvalue weighted by atomic mass is 35.5. The molecule has 34 heavy (non-hydrogen) atoms. The van der Waals surface area contributed by atoms with Gasteiger partial charge in [-0.25, -0.2) is 14.8 Å². The molecule has 1 aliphatic heterocycles. The van der Waals surface area contributed by atoms with Gasteiger partial charge in [0.2, 0.25) is 0 Å². The van der Waals surface area contributed by atoms with Gasteiger partial charge in [-0.3, -0.25) is 4.90 Å². The Morgan fingerprint density at radius 3 is 2.50 bits per heavy atom. The second-order valence-electron chi connectivity index (χ2n) is 8.79. The first kappa shape index (κ1) is 24.2. The monoisotopic (exact) mass is 481 g/mol. The summed E-state index contributed by atoms with van der Waals surface area (Å²) in [5, 5.41) is 8.13. The average Bonchev–Trinajstić information content (AvgIpc) is 2.83. The van der Waals surface area contributed by atoms with Crippen LogP contribution in [0.15, 0.2) is 48.5 Å². The Balaban J connectivity index is 1.34. The van der Waals surface area contributed by atoms with Crippen LogP contribution < -0.4 is 10.6 Å². The van der Waals surface area contributed by atoms with Crippen molar-refractivity contribution in [2.24, 2.45) is 0 Å². The summed E-state index contributed by atoms with van der Waals surface area (Å²) in [6, 6.07) is 15.2. The molecule has 0 radical (unpaired) electrons. The molecule has 8 nitrogen and oxygen atoms in total. The number of fused-ring (bicyclic) bond motifs is 1. The van der Waals surface area contributed by atoms with E-state index in [1.807, 2.05) is 23.1 Å². The van der Waals surface area contributed by atoms with Crippen molar-refractivity contribution < 1.29 is 4.79 Å². The maximum atomic E-state index is 12.6. The molecular weight excluding hydrogens is 450 g/mol. The van der Waals surface area contributed by atoms with Crippen LogP contribution in [0.2, 0.25) is 5.02 Å². The summed E-state index contributed by atoms with van der Waals surface area (Å²) in [5.74, 6) is 1.69. The van der Waals surface area contributed by atoms with Crippen molar-refractivity contribution in [1.29, 1.82) is 0 Å². The Labute approximate surface area is 205 Å². The van der Waals surface area contributed by atoms with Gasteiger partial charge in [-0.15, -0.1) is 0 Å². The van der Waals surface area contributed by atoms with Crippen LogP contribution in [-0.2, 0) is 6.54 Å². The zero-order valence-corrected chi connectivity index (χ0v) is 20.6. The van der Waals surface area contributed by atoms with Gasteiger partial charge in [-0.05, 0) is 63.5 Å². The number of urea groups is 1. The Kier molecular flexibility index (Phi) is 8.16. The fourth-order valence-electron chi connectivity index (χ4n) is 3.98. The van der Waals surface area contributed by atoms with Gasteiger partial charge in [-0.1, -0.05) is 23.7 Å². The van der Waals surface area contributed by atoms with Crippen LogP contribution in [0.25, 0.3) is 10.9 Å². The summed E-state index contributed by atoms with van der Waals surface area (Å²) >= 11 is 5.92. The SMILES string of the molecule is CN(C)CCCNc1nc(CN2CCN(C(=O)Nc3ccc(Cl)cc3)CC2)nc2ccccc12. The zero-order chi connectivity index (χ0) is 23.9. The van der Waals surface area contributed by atoms with Gasteiger partial charge < -0.3 is 20.4 Å². The quantitative estimate of drug-likeness (QED) is 0.474. The molecule has 1 aromatic heterocycles. The number of nitrogens with zero attached hydrogens (tertiary/aromatic N) is 5. The summed E-state index contributed by atoms with van der Waals surface area (Å²) < 4.78 is 0. The Hall–Kier alpha value is -2.94. The minimum Gasteiger partial charge on any atom is -0.369 e. The van der Waals surface area contributed by atoms with E-state index in [1.54, 1.807) is 24.3 Å². The van der Waals surface area contributed by atoms with Gasteiger partial charge >= 0.3 is 6.03 Å². The molecule has 1 aliphatic rings. The van der Waals surface area contributed by atoms with E-state index in [-0.39, 0.29) is 6.03 Å². The Morgan fingerprint density at radius 2 is 1.76 bits per heavy atom. The molecule has 9 heteroatoms. The fraction of sp³-hybridized carbons (Fsp3) is 0.400. The lowest BCUT2D eigenvalue weighted by atomic mass is 10.2.